The van der Waals surface area contributed by atoms with Gasteiger partial charge in [0.05, 0.1) is 10.4 Å². The molecule has 1 aliphatic rings. The zero-order valence-corrected chi connectivity index (χ0v) is 19.5. The Kier molecular flexibility index (Phi) is 5.25. The van der Waals surface area contributed by atoms with Gasteiger partial charge in [-0.05, 0) is 59.5 Å². The first-order valence-electron chi connectivity index (χ1n) is 9.93. The maximum Gasteiger partial charge on any atom is 0.0995 e. The van der Waals surface area contributed by atoms with E-state index in [1.54, 1.807) is 0 Å². The van der Waals surface area contributed by atoms with E-state index in [0.29, 0.717) is 0 Å². The highest BCUT2D eigenvalue weighted by atomic mass is 35.5. The van der Waals surface area contributed by atoms with Crippen molar-refractivity contribution in [3.63, 3.8) is 0 Å². The standard InChI is InChI=1S/C25H26ClN3S/c1-16-22(26)15-14-21-23(16)27-24(30)25(21,17-6-10-19(11-7-17)28(2)3)18-8-12-20(13-9-18)29(4)5/h6-15H,1-5H3,(H,27,30). The average molecular weight is 436 g/mol. The van der Waals surface area contributed by atoms with Crippen molar-refractivity contribution >= 4 is 45.9 Å². The second kappa shape index (κ2) is 7.60. The van der Waals surface area contributed by atoms with Crippen LogP contribution in [0.15, 0.2) is 60.7 Å². The molecule has 0 fully saturated rings. The first-order valence-corrected chi connectivity index (χ1v) is 10.7. The Morgan fingerprint density at radius 3 is 1.67 bits per heavy atom. The molecule has 4 rings (SSSR count). The van der Waals surface area contributed by atoms with Gasteiger partial charge in [-0.2, -0.15) is 0 Å². The molecule has 0 radical (unpaired) electrons. The fraction of sp³-hybridized carbons (Fsp3) is 0.240. The molecule has 30 heavy (non-hydrogen) atoms. The predicted molar refractivity (Wildman–Crippen MR) is 134 cm³/mol. The van der Waals surface area contributed by atoms with Gasteiger partial charge < -0.3 is 15.1 Å². The number of nitrogens with zero attached hydrogens (tertiary/aromatic N) is 2. The van der Waals surface area contributed by atoms with Gasteiger partial charge in [0.25, 0.3) is 0 Å². The highest BCUT2D eigenvalue weighted by Crippen LogP contribution is 2.50. The highest BCUT2D eigenvalue weighted by Gasteiger charge is 2.47. The molecular formula is C25H26ClN3S. The molecule has 5 heteroatoms. The second-order valence-electron chi connectivity index (χ2n) is 8.18. The van der Waals surface area contributed by atoms with Crippen molar-refractivity contribution in [3.8, 4) is 0 Å². The molecule has 0 atom stereocenters. The molecule has 0 aromatic heterocycles. The normalized spacial score (nSPS) is 14.3. The van der Waals surface area contributed by atoms with E-state index in [0.717, 1.165) is 49.3 Å². The van der Waals surface area contributed by atoms with E-state index < -0.39 is 5.41 Å². The third kappa shape index (κ3) is 3.06. The van der Waals surface area contributed by atoms with E-state index in [2.05, 4.69) is 69.7 Å². The lowest BCUT2D eigenvalue weighted by Crippen LogP contribution is -2.35. The molecule has 1 heterocycles. The minimum absolute atomic E-state index is 0.560. The van der Waals surface area contributed by atoms with Gasteiger partial charge in [0, 0.05) is 50.3 Å². The van der Waals surface area contributed by atoms with Crippen molar-refractivity contribution in [2.75, 3.05) is 43.3 Å². The molecule has 3 aromatic carbocycles. The van der Waals surface area contributed by atoms with Gasteiger partial charge in [0.1, 0.15) is 0 Å². The Balaban J connectivity index is 2.00. The molecule has 0 amide bonds. The van der Waals surface area contributed by atoms with E-state index in [1.165, 1.54) is 0 Å². The third-order valence-electron chi connectivity index (χ3n) is 6.02. The first kappa shape index (κ1) is 20.7. The molecule has 0 bridgehead atoms. The number of hydrogen-bond acceptors (Lipinski definition) is 3. The largest absolute Gasteiger partial charge is 0.378 e. The maximum absolute atomic E-state index is 6.44. The number of halogens is 1. The Morgan fingerprint density at radius 1 is 0.767 bits per heavy atom. The summed E-state index contributed by atoms with van der Waals surface area (Å²) in [5, 5.41) is 4.24. The van der Waals surface area contributed by atoms with Crippen LogP contribution in [0.5, 0.6) is 0 Å². The van der Waals surface area contributed by atoms with E-state index in [1.807, 2.05) is 41.2 Å². The predicted octanol–water partition coefficient (Wildman–Crippen LogP) is 5.87. The average Bonchev–Trinajstić information content (AvgIpc) is 3.04. The molecule has 1 aliphatic heterocycles. The molecule has 0 unspecified atom stereocenters. The summed E-state index contributed by atoms with van der Waals surface area (Å²) >= 11 is 12.5. The fourth-order valence-electron chi connectivity index (χ4n) is 4.25. The number of benzene rings is 3. The van der Waals surface area contributed by atoms with Gasteiger partial charge in [-0.15, -0.1) is 0 Å². The van der Waals surface area contributed by atoms with Crippen LogP contribution < -0.4 is 15.1 Å². The lowest BCUT2D eigenvalue weighted by Gasteiger charge is -2.32. The van der Waals surface area contributed by atoms with Crippen LogP contribution in [-0.2, 0) is 5.41 Å². The van der Waals surface area contributed by atoms with Crippen LogP contribution in [-0.4, -0.2) is 33.2 Å². The van der Waals surface area contributed by atoms with Crippen LogP contribution in [0.2, 0.25) is 5.02 Å². The van der Waals surface area contributed by atoms with E-state index in [9.17, 15) is 0 Å². The van der Waals surface area contributed by atoms with Crippen LogP contribution in [0.4, 0.5) is 17.1 Å². The van der Waals surface area contributed by atoms with Crippen molar-refractivity contribution < 1.29 is 0 Å². The fourth-order valence-corrected chi connectivity index (χ4v) is 4.85. The Labute approximate surface area is 189 Å². The molecule has 0 aliphatic carbocycles. The summed E-state index contributed by atoms with van der Waals surface area (Å²) < 4.78 is 0. The lowest BCUT2D eigenvalue weighted by molar-refractivity contribution is 0.860. The van der Waals surface area contributed by atoms with Gasteiger partial charge in [-0.1, -0.05) is 54.2 Å². The summed E-state index contributed by atoms with van der Waals surface area (Å²) in [4.78, 5) is 4.98. The van der Waals surface area contributed by atoms with E-state index in [-0.39, 0.29) is 0 Å². The van der Waals surface area contributed by atoms with Gasteiger partial charge in [-0.25, -0.2) is 0 Å². The molecular weight excluding hydrogens is 410 g/mol. The Morgan fingerprint density at radius 2 is 1.23 bits per heavy atom. The molecule has 3 nitrogen and oxygen atoms in total. The highest BCUT2D eigenvalue weighted by molar-refractivity contribution is 7.80. The van der Waals surface area contributed by atoms with Crippen LogP contribution in [0.3, 0.4) is 0 Å². The number of fused-ring (bicyclic) bond motifs is 1. The zero-order chi connectivity index (χ0) is 21.6. The minimum Gasteiger partial charge on any atom is -0.378 e. The van der Waals surface area contributed by atoms with Crippen LogP contribution in [0.25, 0.3) is 0 Å². The van der Waals surface area contributed by atoms with Crippen molar-refractivity contribution in [2.45, 2.75) is 12.3 Å². The minimum atomic E-state index is -0.560. The van der Waals surface area contributed by atoms with E-state index in [4.69, 9.17) is 23.8 Å². The SMILES string of the molecule is Cc1c(Cl)ccc2c1NC(=S)C2(c1ccc(N(C)C)cc1)c1ccc(N(C)C)cc1. The smallest absolute Gasteiger partial charge is 0.0995 e. The van der Waals surface area contributed by atoms with Crippen molar-refractivity contribution in [1.82, 2.24) is 0 Å². The summed E-state index contributed by atoms with van der Waals surface area (Å²) in [5.41, 5.74) is 7.21. The Hall–Kier alpha value is -2.56. The molecule has 0 saturated carbocycles. The number of nitrogens with one attached hydrogen (secondary N) is 1. The monoisotopic (exact) mass is 435 g/mol. The number of anilines is 3. The zero-order valence-electron chi connectivity index (χ0n) is 18.0. The molecule has 154 valence electrons. The number of hydrogen-bond donors (Lipinski definition) is 1. The van der Waals surface area contributed by atoms with Crippen LogP contribution in [0, 0.1) is 6.92 Å². The molecule has 0 saturated heterocycles. The quantitative estimate of drug-likeness (QED) is 0.516. The molecule has 3 aromatic rings. The summed E-state index contributed by atoms with van der Waals surface area (Å²) in [6, 6.07) is 21.4. The summed E-state index contributed by atoms with van der Waals surface area (Å²) in [6.07, 6.45) is 0. The van der Waals surface area contributed by atoms with Crippen molar-refractivity contribution in [2.24, 2.45) is 0 Å². The second-order valence-corrected chi connectivity index (χ2v) is 9.00. The van der Waals surface area contributed by atoms with Gasteiger partial charge >= 0.3 is 0 Å². The van der Waals surface area contributed by atoms with Crippen LogP contribution >= 0.6 is 23.8 Å². The van der Waals surface area contributed by atoms with Crippen molar-refractivity contribution in [1.29, 1.82) is 0 Å². The summed E-state index contributed by atoms with van der Waals surface area (Å²) in [6.45, 7) is 2.04. The van der Waals surface area contributed by atoms with Gasteiger partial charge in [-0.3, -0.25) is 0 Å². The van der Waals surface area contributed by atoms with E-state index >= 15 is 0 Å². The lowest BCUT2D eigenvalue weighted by atomic mass is 9.70. The first-order chi connectivity index (χ1) is 14.3. The van der Waals surface area contributed by atoms with Gasteiger partial charge in [0.15, 0.2) is 0 Å². The number of rotatable bonds is 4. The van der Waals surface area contributed by atoms with Crippen LogP contribution in [0.1, 0.15) is 22.3 Å². The molecule has 1 N–H and O–H groups in total. The van der Waals surface area contributed by atoms with Crippen molar-refractivity contribution in [3.05, 3.63) is 87.9 Å². The Bertz CT molecular complexity index is 1050. The third-order valence-corrected chi connectivity index (χ3v) is 6.83. The number of thiocarbonyl (C=S) groups is 1. The maximum atomic E-state index is 6.44. The molecule has 0 spiro atoms. The summed E-state index contributed by atoms with van der Waals surface area (Å²) in [7, 11) is 8.20. The van der Waals surface area contributed by atoms with Gasteiger partial charge in [0.2, 0.25) is 0 Å². The topological polar surface area (TPSA) is 18.5 Å². The summed E-state index contributed by atoms with van der Waals surface area (Å²) in [5.74, 6) is 0.